The number of rotatable bonds is 8. The Balaban J connectivity index is 1.51. The zero-order valence-corrected chi connectivity index (χ0v) is 16.2. The van der Waals surface area contributed by atoms with Crippen LogP contribution in [0.25, 0.3) is 0 Å². The average Bonchev–Trinajstić information content (AvgIpc) is 2.75. The second-order valence-electron chi connectivity index (χ2n) is 6.32. The number of anilines is 1. The van der Waals surface area contributed by atoms with Crippen LogP contribution in [0.4, 0.5) is 5.69 Å². The monoisotopic (exact) mass is 399 g/mol. The van der Waals surface area contributed by atoms with Crippen molar-refractivity contribution in [2.24, 2.45) is 0 Å². The summed E-state index contributed by atoms with van der Waals surface area (Å²) in [7, 11) is 3.09. The number of esters is 1. The highest BCUT2D eigenvalue weighted by atomic mass is 16.5. The SMILES string of the molecule is COc1ccc(CCC(=O)OCC(=O)c2ccc3c(c2)NC(=O)CO3)cc1OC. The van der Waals surface area contributed by atoms with Gasteiger partial charge in [-0.1, -0.05) is 6.07 Å². The van der Waals surface area contributed by atoms with E-state index >= 15 is 0 Å². The molecular weight excluding hydrogens is 378 g/mol. The number of benzene rings is 2. The molecule has 1 N–H and O–H groups in total. The van der Waals surface area contributed by atoms with E-state index in [9.17, 15) is 14.4 Å². The van der Waals surface area contributed by atoms with Gasteiger partial charge in [-0.05, 0) is 42.3 Å². The van der Waals surface area contributed by atoms with E-state index in [0.717, 1.165) is 5.56 Å². The second-order valence-corrected chi connectivity index (χ2v) is 6.32. The number of amides is 1. The Labute approximate surface area is 167 Å². The minimum absolute atomic E-state index is 0.0576. The van der Waals surface area contributed by atoms with Crippen molar-refractivity contribution >= 4 is 23.3 Å². The maximum absolute atomic E-state index is 12.3. The van der Waals surface area contributed by atoms with Gasteiger partial charge in [0.25, 0.3) is 5.91 Å². The van der Waals surface area contributed by atoms with E-state index < -0.39 is 5.97 Å². The zero-order chi connectivity index (χ0) is 20.8. The van der Waals surface area contributed by atoms with Crippen LogP contribution in [-0.2, 0) is 20.7 Å². The smallest absolute Gasteiger partial charge is 0.306 e. The van der Waals surface area contributed by atoms with E-state index in [1.807, 2.05) is 6.07 Å². The van der Waals surface area contributed by atoms with Crippen LogP contribution in [-0.4, -0.2) is 45.1 Å². The van der Waals surface area contributed by atoms with Gasteiger partial charge in [0.1, 0.15) is 5.75 Å². The lowest BCUT2D eigenvalue weighted by atomic mass is 10.1. The van der Waals surface area contributed by atoms with Crippen molar-refractivity contribution in [3.63, 3.8) is 0 Å². The Kier molecular flexibility index (Phi) is 6.33. The number of carbonyl (C=O) groups excluding carboxylic acids is 3. The largest absolute Gasteiger partial charge is 0.493 e. The fraction of sp³-hybridized carbons (Fsp3) is 0.286. The van der Waals surface area contributed by atoms with Crippen LogP contribution in [0.5, 0.6) is 17.2 Å². The van der Waals surface area contributed by atoms with Gasteiger partial charge in [-0.3, -0.25) is 14.4 Å². The van der Waals surface area contributed by atoms with Gasteiger partial charge < -0.3 is 24.3 Å². The van der Waals surface area contributed by atoms with Crippen LogP contribution in [0, 0.1) is 0 Å². The van der Waals surface area contributed by atoms with E-state index in [-0.39, 0.29) is 31.3 Å². The highest BCUT2D eigenvalue weighted by Crippen LogP contribution is 2.29. The number of nitrogens with one attached hydrogen (secondary N) is 1. The molecule has 0 bridgehead atoms. The lowest BCUT2D eigenvalue weighted by molar-refractivity contribution is -0.142. The summed E-state index contributed by atoms with van der Waals surface area (Å²) in [5.41, 5.74) is 1.63. The normalized spacial score (nSPS) is 12.3. The van der Waals surface area contributed by atoms with Gasteiger partial charge in [0.2, 0.25) is 0 Å². The highest BCUT2D eigenvalue weighted by molar-refractivity contribution is 6.01. The maximum atomic E-state index is 12.3. The Morgan fingerprint density at radius 2 is 1.86 bits per heavy atom. The molecule has 0 saturated heterocycles. The molecule has 2 aromatic rings. The molecule has 152 valence electrons. The molecule has 0 spiro atoms. The number of hydrogen-bond acceptors (Lipinski definition) is 7. The molecular formula is C21H21NO7. The van der Waals surface area contributed by atoms with Gasteiger partial charge in [0, 0.05) is 12.0 Å². The lowest BCUT2D eigenvalue weighted by Crippen LogP contribution is -2.25. The topological polar surface area (TPSA) is 100 Å². The Morgan fingerprint density at radius 1 is 1.07 bits per heavy atom. The van der Waals surface area contributed by atoms with Crippen molar-refractivity contribution in [3.05, 3.63) is 47.5 Å². The van der Waals surface area contributed by atoms with Crippen LogP contribution in [0.3, 0.4) is 0 Å². The summed E-state index contributed by atoms with van der Waals surface area (Å²) in [6, 6.07) is 10.1. The number of ether oxygens (including phenoxy) is 4. The molecule has 8 nitrogen and oxygen atoms in total. The third-order valence-electron chi connectivity index (χ3n) is 4.36. The quantitative estimate of drug-likeness (QED) is 0.537. The van der Waals surface area contributed by atoms with Crippen molar-refractivity contribution in [2.45, 2.75) is 12.8 Å². The Morgan fingerprint density at radius 3 is 2.62 bits per heavy atom. The number of ketones is 1. The van der Waals surface area contributed by atoms with Crippen molar-refractivity contribution < 1.29 is 33.3 Å². The van der Waals surface area contributed by atoms with Crippen LogP contribution in [0.1, 0.15) is 22.3 Å². The predicted octanol–water partition coefficient (Wildman–Crippen LogP) is 2.39. The number of carbonyl (C=O) groups is 3. The van der Waals surface area contributed by atoms with Crippen LogP contribution in [0.15, 0.2) is 36.4 Å². The molecule has 0 saturated carbocycles. The Bertz CT molecular complexity index is 939. The number of fused-ring (bicyclic) bond motifs is 1. The molecule has 1 heterocycles. The highest BCUT2D eigenvalue weighted by Gasteiger charge is 2.18. The van der Waals surface area contributed by atoms with E-state index in [0.29, 0.717) is 34.9 Å². The number of Topliss-reactive ketones (excluding diaryl/α,β-unsaturated/α-hetero) is 1. The minimum Gasteiger partial charge on any atom is -0.493 e. The first-order valence-corrected chi connectivity index (χ1v) is 8.96. The number of hydrogen-bond donors (Lipinski definition) is 1. The molecule has 1 amide bonds. The number of aryl methyl sites for hydroxylation is 1. The summed E-state index contributed by atoms with van der Waals surface area (Å²) >= 11 is 0. The average molecular weight is 399 g/mol. The fourth-order valence-electron chi connectivity index (χ4n) is 2.84. The first kappa shape index (κ1) is 20.2. The summed E-state index contributed by atoms with van der Waals surface area (Å²) in [6.07, 6.45) is 0.562. The molecule has 29 heavy (non-hydrogen) atoms. The van der Waals surface area contributed by atoms with E-state index in [1.165, 1.54) is 6.07 Å². The summed E-state index contributed by atoms with van der Waals surface area (Å²) in [5.74, 6) is 0.541. The first-order chi connectivity index (χ1) is 14.0. The lowest BCUT2D eigenvalue weighted by Gasteiger charge is -2.18. The molecule has 0 fully saturated rings. The van der Waals surface area contributed by atoms with E-state index in [4.69, 9.17) is 18.9 Å². The molecule has 0 aromatic heterocycles. The van der Waals surface area contributed by atoms with Gasteiger partial charge >= 0.3 is 5.97 Å². The van der Waals surface area contributed by atoms with Crippen molar-refractivity contribution in [1.29, 1.82) is 0 Å². The molecule has 3 rings (SSSR count). The summed E-state index contributed by atoms with van der Waals surface area (Å²) in [4.78, 5) is 35.7. The Hall–Kier alpha value is -3.55. The van der Waals surface area contributed by atoms with Gasteiger partial charge in [-0.2, -0.15) is 0 Å². The van der Waals surface area contributed by atoms with Gasteiger partial charge in [0.05, 0.1) is 19.9 Å². The zero-order valence-electron chi connectivity index (χ0n) is 16.2. The summed E-state index contributed by atoms with van der Waals surface area (Å²) in [6.45, 7) is -0.434. The fourth-order valence-corrected chi connectivity index (χ4v) is 2.84. The molecule has 0 unspecified atom stereocenters. The van der Waals surface area contributed by atoms with Crippen LogP contribution >= 0.6 is 0 Å². The first-order valence-electron chi connectivity index (χ1n) is 8.96. The molecule has 0 aliphatic carbocycles. The molecule has 0 radical (unpaired) electrons. The van der Waals surface area contributed by atoms with Gasteiger partial charge in [-0.15, -0.1) is 0 Å². The molecule has 0 atom stereocenters. The minimum atomic E-state index is -0.484. The predicted molar refractivity (Wildman–Crippen MR) is 104 cm³/mol. The summed E-state index contributed by atoms with van der Waals surface area (Å²) in [5, 5.41) is 2.63. The van der Waals surface area contributed by atoms with Crippen LogP contribution in [0.2, 0.25) is 0 Å². The number of methoxy groups -OCH3 is 2. The van der Waals surface area contributed by atoms with Gasteiger partial charge in [0.15, 0.2) is 30.5 Å². The van der Waals surface area contributed by atoms with E-state index in [1.54, 1.807) is 38.5 Å². The third kappa shape index (κ3) is 5.04. The van der Waals surface area contributed by atoms with Gasteiger partial charge in [-0.25, -0.2) is 0 Å². The molecule has 1 aliphatic rings. The summed E-state index contributed by atoms with van der Waals surface area (Å²) < 4.78 is 20.7. The maximum Gasteiger partial charge on any atom is 0.306 e. The van der Waals surface area contributed by atoms with Crippen molar-refractivity contribution in [1.82, 2.24) is 0 Å². The van der Waals surface area contributed by atoms with Crippen molar-refractivity contribution in [2.75, 3.05) is 32.8 Å². The molecule has 2 aromatic carbocycles. The second kappa shape index (κ2) is 9.09. The molecule has 1 aliphatic heterocycles. The van der Waals surface area contributed by atoms with E-state index in [2.05, 4.69) is 5.32 Å². The van der Waals surface area contributed by atoms with Crippen LogP contribution < -0.4 is 19.5 Å². The molecule has 8 heteroatoms. The standard InChI is InChI=1S/C21H21NO7/c1-26-18-6-3-13(9-19(18)27-2)4-8-21(25)29-11-16(23)14-5-7-17-15(10-14)22-20(24)12-28-17/h3,5-7,9-10H,4,8,11-12H2,1-2H3,(H,22,24). The third-order valence-corrected chi connectivity index (χ3v) is 4.36. The van der Waals surface area contributed by atoms with Crippen molar-refractivity contribution in [3.8, 4) is 17.2 Å².